The van der Waals surface area contributed by atoms with Gasteiger partial charge in [-0.25, -0.2) is 0 Å². The minimum absolute atomic E-state index is 0.179. The number of rotatable bonds is 36. The average molecular weight is 1340 g/mol. The van der Waals surface area contributed by atoms with Crippen LogP contribution in [0.5, 0.6) is 34.5 Å². The Kier molecular flexibility index (Phi) is 33.2. The van der Waals surface area contributed by atoms with Crippen molar-refractivity contribution >= 4 is 0 Å². The fourth-order valence-electron chi connectivity index (χ4n) is 13.2. The van der Waals surface area contributed by atoms with E-state index in [1.54, 1.807) is 0 Å². The normalized spacial score (nSPS) is 23.2. The summed E-state index contributed by atoms with van der Waals surface area (Å²) in [5.41, 5.74) is 1.03. The second-order valence-corrected chi connectivity index (χ2v) is 28.4. The number of benzene rings is 4. The van der Waals surface area contributed by atoms with E-state index in [1.807, 2.05) is 109 Å². The van der Waals surface area contributed by atoms with Crippen LogP contribution in [0.1, 0.15) is 169 Å². The largest absolute Gasteiger partial charge is 0.493 e. The molecule has 96 heavy (non-hydrogen) atoms. The van der Waals surface area contributed by atoms with Crippen molar-refractivity contribution in [1.82, 2.24) is 0 Å². The number of para-hydroxylation sites is 2. The fraction of sp³-hybridized carbons (Fsp3) is 0.700. The Morgan fingerprint density at radius 3 is 1.01 bits per heavy atom. The number of hydrogen-bond acceptors (Lipinski definition) is 16. The molecule has 8 fully saturated rings. The molecule has 0 amide bonds. The van der Waals surface area contributed by atoms with Crippen molar-refractivity contribution in [2.45, 2.75) is 206 Å². The molecule has 4 aromatic rings. The molecule has 0 spiro atoms. The molecule has 0 N–H and O–H groups in total. The molecule has 4 saturated carbocycles. The highest BCUT2D eigenvalue weighted by molar-refractivity contribution is 5.39. The van der Waals surface area contributed by atoms with E-state index in [2.05, 4.69) is 27.7 Å². The first kappa shape index (κ1) is 75.8. The van der Waals surface area contributed by atoms with Crippen molar-refractivity contribution < 1.29 is 75.8 Å². The summed E-state index contributed by atoms with van der Waals surface area (Å²) in [5.74, 6) is 4.82. The van der Waals surface area contributed by atoms with Gasteiger partial charge in [-0.2, -0.15) is 0 Å². The highest BCUT2D eigenvalue weighted by Crippen LogP contribution is 2.38. The van der Waals surface area contributed by atoms with Crippen molar-refractivity contribution in [3.63, 3.8) is 0 Å². The van der Waals surface area contributed by atoms with Gasteiger partial charge < -0.3 is 75.8 Å². The molecule has 0 bridgehead atoms. The van der Waals surface area contributed by atoms with Crippen molar-refractivity contribution in [3.8, 4) is 34.5 Å². The van der Waals surface area contributed by atoms with Gasteiger partial charge in [0.15, 0.2) is 0 Å². The second-order valence-electron chi connectivity index (χ2n) is 28.4. The molecular weight excluding hydrogens is 1220 g/mol. The van der Waals surface area contributed by atoms with Crippen LogP contribution in [0.15, 0.2) is 109 Å². The molecule has 0 unspecified atom stereocenters. The van der Waals surface area contributed by atoms with Gasteiger partial charge >= 0.3 is 0 Å². The first-order chi connectivity index (χ1) is 47.2. The topological polar surface area (TPSA) is 148 Å². The van der Waals surface area contributed by atoms with Crippen LogP contribution in [0.3, 0.4) is 0 Å². The molecule has 4 aromatic carbocycles. The minimum Gasteiger partial charge on any atom is -0.493 e. The summed E-state index contributed by atoms with van der Waals surface area (Å²) in [6, 6.07) is 34.7. The van der Waals surface area contributed by atoms with Gasteiger partial charge in [-0.3, -0.25) is 0 Å². The maximum Gasteiger partial charge on any atom is 0.127 e. The van der Waals surface area contributed by atoms with Crippen molar-refractivity contribution in [1.29, 1.82) is 0 Å². The smallest absolute Gasteiger partial charge is 0.127 e. The van der Waals surface area contributed by atoms with E-state index in [0.29, 0.717) is 94.9 Å². The maximum absolute atomic E-state index is 6.49. The van der Waals surface area contributed by atoms with Crippen LogP contribution in [0.4, 0.5) is 0 Å². The van der Waals surface area contributed by atoms with Crippen LogP contribution in [0.25, 0.3) is 0 Å². The highest BCUT2D eigenvalue weighted by atomic mass is 16.6. The molecule has 0 radical (unpaired) electrons. The number of hydrogen-bond donors (Lipinski definition) is 0. The summed E-state index contributed by atoms with van der Waals surface area (Å²) in [5, 5.41) is 0. The van der Waals surface area contributed by atoms with Gasteiger partial charge in [0.05, 0.1) is 168 Å². The van der Waals surface area contributed by atoms with Gasteiger partial charge in [-0.15, -0.1) is 0 Å². The van der Waals surface area contributed by atoms with E-state index in [1.165, 1.54) is 109 Å². The number of ether oxygens (including phenoxy) is 16. The van der Waals surface area contributed by atoms with Crippen LogP contribution >= 0.6 is 0 Å². The molecule has 4 aliphatic carbocycles. The van der Waals surface area contributed by atoms with Crippen molar-refractivity contribution in [3.05, 3.63) is 109 Å². The van der Waals surface area contributed by atoms with Crippen LogP contribution in [0.2, 0.25) is 0 Å². The summed E-state index contributed by atoms with van der Waals surface area (Å²) in [7, 11) is 0. The predicted octanol–water partition coefficient (Wildman–Crippen LogP) is 16.8. The SMILES string of the molecule is CCC1(COC2CCC(OC3CCC(OC4CCCCC4)CC3)CC2)COC1.CCC1(COCCOCCOC2CCCCC2)COC1.CCC1(COCCOCCOc2ccccc2)COC1.CCC1(COc2ccc(Oc3ccc(Oc4ccccc4)cc3)cc2)COC1. The molecule has 0 atom stereocenters. The quantitative estimate of drug-likeness (QED) is 0.0397. The third-order valence-electron chi connectivity index (χ3n) is 20.8. The summed E-state index contributed by atoms with van der Waals surface area (Å²) < 4.78 is 91.7. The Morgan fingerprint density at radius 2 is 0.594 bits per heavy atom. The van der Waals surface area contributed by atoms with Crippen molar-refractivity contribution in [2.24, 2.45) is 21.7 Å². The van der Waals surface area contributed by atoms with Gasteiger partial charge in [0.1, 0.15) is 41.1 Å². The zero-order chi connectivity index (χ0) is 66.7. The van der Waals surface area contributed by atoms with Gasteiger partial charge in [0.2, 0.25) is 0 Å². The fourth-order valence-corrected chi connectivity index (χ4v) is 13.2. The lowest BCUT2D eigenvalue weighted by molar-refractivity contribution is -0.167. The molecule has 12 rings (SSSR count). The van der Waals surface area contributed by atoms with E-state index in [-0.39, 0.29) is 16.2 Å². The third kappa shape index (κ3) is 26.3. The third-order valence-corrected chi connectivity index (χ3v) is 20.8. The van der Waals surface area contributed by atoms with E-state index in [9.17, 15) is 0 Å². The summed E-state index contributed by atoms with van der Waals surface area (Å²) in [6.45, 7) is 23.8. The summed E-state index contributed by atoms with van der Waals surface area (Å²) in [6.07, 6.45) is 29.9. The Morgan fingerprint density at radius 1 is 0.281 bits per heavy atom. The minimum atomic E-state index is 0.179. The van der Waals surface area contributed by atoms with E-state index in [0.717, 1.165) is 146 Å². The molecule has 4 saturated heterocycles. The Labute approximate surface area is 576 Å². The summed E-state index contributed by atoms with van der Waals surface area (Å²) in [4.78, 5) is 0. The van der Waals surface area contributed by atoms with Crippen LogP contribution in [-0.4, -0.2) is 169 Å². The average Bonchev–Trinajstić information content (AvgIpc) is 0.882. The molecule has 16 heteroatoms. The molecule has 4 heterocycles. The highest BCUT2D eigenvalue weighted by Gasteiger charge is 2.40. The van der Waals surface area contributed by atoms with Gasteiger partial charge in [0, 0.05) is 16.2 Å². The van der Waals surface area contributed by atoms with Gasteiger partial charge in [-0.05, 0) is 176 Å². The Hall–Kier alpha value is -4.40. The molecule has 4 aliphatic heterocycles. The molecule has 536 valence electrons. The zero-order valence-corrected chi connectivity index (χ0v) is 59.1. The monoisotopic (exact) mass is 1340 g/mol. The van der Waals surface area contributed by atoms with E-state index >= 15 is 0 Å². The molecular formula is C80H120O16. The lowest BCUT2D eigenvalue weighted by Crippen LogP contribution is -2.46. The zero-order valence-electron chi connectivity index (χ0n) is 59.1. The molecule has 16 nitrogen and oxygen atoms in total. The first-order valence-corrected chi connectivity index (χ1v) is 37.3. The second kappa shape index (κ2) is 42.0. The van der Waals surface area contributed by atoms with Gasteiger partial charge in [-0.1, -0.05) is 103 Å². The van der Waals surface area contributed by atoms with Crippen LogP contribution in [-0.2, 0) is 56.8 Å². The van der Waals surface area contributed by atoms with Crippen LogP contribution in [0, 0.1) is 21.7 Å². The Bertz CT molecular complexity index is 2580. The van der Waals surface area contributed by atoms with E-state index in [4.69, 9.17) is 75.8 Å². The van der Waals surface area contributed by atoms with Gasteiger partial charge in [0.25, 0.3) is 0 Å². The summed E-state index contributed by atoms with van der Waals surface area (Å²) >= 11 is 0. The lowest BCUT2D eigenvalue weighted by Gasteiger charge is -2.42. The lowest BCUT2D eigenvalue weighted by atomic mass is 9.84. The van der Waals surface area contributed by atoms with Crippen molar-refractivity contribution in [2.75, 3.05) is 132 Å². The first-order valence-electron chi connectivity index (χ1n) is 37.3. The molecule has 8 aliphatic rings. The van der Waals surface area contributed by atoms with E-state index < -0.39 is 0 Å². The van der Waals surface area contributed by atoms with Crippen LogP contribution < -0.4 is 18.9 Å². The standard InChI is InChI=1S/C24H42O4.C24H24O4.C16H30O4.C16H24O4/c2*1-2-24(16-25-17-24)18-26-19-8-10-21(11-9-19)28-23-14-12-22(13-15-23)27-20-6-4-3-5-7-20;2*1-2-16(13-19-14-16)12-18-9-8-17-10-11-20-15-6-4-3-5-7-15/h19-23H,2-18H2,1H3;3-15H,2,16-18H2,1H3;15H,2-14H2,1H3;3-7H,2,8-14H2,1H3. The predicted molar refractivity (Wildman–Crippen MR) is 374 cm³/mol. The Balaban J connectivity index is 0.000000152. The molecule has 0 aromatic heterocycles. The maximum atomic E-state index is 6.49.